The lowest BCUT2D eigenvalue weighted by molar-refractivity contribution is 0.136. The molecule has 0 aromatic heterocycles. The zero-order valence-corrected chi connectivity index (χ0v) is 10.3. The van der Waals surface area contributed by atoms with Crippen LogP contribution >= 0.6 is 0 Å². The summed E-state index contributed by atoms with van der Waals surface area (Å²) >= 11 is 0. The Bertz CT molecular complexity index is 328. The van der Waals surface area contributed by atoms with Crippen molar-refractivity contribution in [3.8, 4) is 0 Å². The van der Waals surface area contributed by atoms with Crippen LogP contribution in [0, 0.1) is 5.92 Å². The molecular weight excluding hydrogens is 196 g/mol. The van der Waals surface area contributed by atoms with E-state index in [1.165, 1.54) is 24.0 Å². The van der Waals surface area contributed by atoms with Crippen LogP contribution in [0.25, 0.3) is 0 Å². The first-order chi connectivity index (χ1) is 7.72. The van der Waals surface area contributed by atoms with E-state index in [9.17, 15) is 5.11 Å². The summed E-state index contributed by atoms with van der Waals surface area (Å²) in [6.45, 7) is 4.38. The molecule has 0 amide bonds. The fraction of sp³-hybridized carbons (Fsp3) is 0.600. The van der Waals surface area contributed by atoms with Gasteiger partial charge in [0.2, 0.25) is 0 Å². The molecule has 1 aliphatic carbocycles. The van der Waals surface area contributed by atoms with Gasteiger partial charge in [0.05, 0.1) is 6.10 Å². The summed E-state index contributed by atoms with van der Waals surface area (Å²) in [5.74, 6) is 0.975. The molecule has 16 heavy (non-hydrogen) atoms. The van der Waals surface area contributed by atoms with E-state index in [1.807, 2.05) is 0 Å². The number of aryl methyl sites for hydroxylation is 1. The predicted molar refractivity (Wildman–Crippen MR) is 67.6 cm³/mol. The molecule has 1 heteroatoms. The van der Waals surface area contributed by atoms with Gasteiger partial charge in [-0.25, -0.2) is 0 Å². The summed E-state index contributed by atoms with van der Waals surface area (Å²) < 4.78 is 0. The molecule has 88 valence electrons. The van der Waals surface area contributed by atoms with Crippen LogP contribution in [0.1, 0.15) is 50.2 Å². The minimum absolute atomic E-state index is 0.0969. The number of hydrogen-bond donors (Lipinski definition) is 1. The Morgan fingerprint density at radius 2 is 1.88 bits per heavy atom. The highest BCUT2D eigenvalue weighted by Crippen LogP contribution is 2.39. The third-order valence-corrected chi connectivity index (χ3v) is 3.96. The second-order valence-corrected chi connectivity index (χ2v) is 5.10. The molecule has 0 aliphatic heterocycles. The lowest BCUT2D eigenvalue weighted by Gasteiger charge is -2.18. The van der Waals surface area contributed by atoms with Gasteiger partial charge in [-0.2, -0.15) is 0 Å². The highest BCUT2D eigenvalue weighted by Gasteiger charge is 2.32. The monoisotopic (exact) mass is 218 g/mol. The molecule has 1 N–H and O–H groups in total. The molecule has 2 rings (SSSR count). The van der Waals surface area contributed by atoms with E-state index in [4.69, 9.17) is 0 Å². The zero-order chi connectivity index (χ0) is 11.5. The van der Waals surface area contributed by atoms with Gasteiger partial charge in [0, 0.05) is 0 Å². The second-order valence-electron chi connectivity index (χ2n) is 5.10. The minimum atomic E-state index is -0.0969. The molecule has 1 aliphatic rings. The summed E-state index contributed by atoms with van der Waals surface area (Å²) in [5.41, 5.74) is 2.83. The zero-order valence-electron chi connectivity index (χ0n) is 10.3. The van der Waals surface area contributed by atoms with Gasteiger partial charge < -0.3 is 5.11 Å². The molecule has 1 aromatic carbocycles. The maximum atomic E-state index is 9.77. The summed E-state index contributed by atoms with van der Waals surface area (Å²) in [6, 6.07) is 9.00. The van der Waals surface area contributed by atoms with Crippen molar-refractivity contribution in [3.05, 3.63) is 35.4 Å². The van der Waals surface area contributed by atoms with Crippen molar-refractivity contribution >= 4 is 0 Å². The molecule has 0 bridgehead atoms. The first-order valence-corrected chi connectivity index (χ1v) is 6.49. The van der Waals surface area contributed by atoms with Crippen LogP contribution in [0.2, 0.25) is 0 Å². The van der Waals surface area contributed by atoms with Gasteiger partial charge >= 0.3 is 0 Å². The van der Waals surface area contributed by atoms with E-state index < -0.39 is 0 Å². The van der Waals surface area contributed by atoms with Gasteiger partial charge in [-0.1, -0.05) is 44.5 Å². The first kappa shape index (κ1) is 11.7. The van der Waals surface area contributed by atoms with Gasteiger partial charge in [0.1, 0.15) is 0 Å². The molecular formula is C15H22O. The van der Waals surface area contributed by atoms with Crippen molar-refractivity contribution in [2.45, 2.75) is 51.6 Å². The highest BCUT2D eigenvalue weighted by molar-refractivity contribution is 5.27. The van der Waals surface area contributed by atoms with Crippen molar-refractivity contribution in [3.63, 3.8) is 0 Å². The quantitative estimate of drug-likeness (QED) is 0.823. The van der Waals surface area contributed by atoms with Gasteiger partial charge in [-0.05, 0) is 42.2 Å². The van der Waals surface area contributed by atoms with Crippen LogP contribution in [0.4, 0.5) is 0 Å². The SMILES string of the molecule is CCCc1ccc(C2CCC(O)C2C)cc1. The van der Waals surface area contributed by atoms with E-state index in [2.05, 4.69) is 38.1 Å². The van der Waals surface area contributed by atoms with Crippen LogP contribution in [-0.4, -0.2) is 11.2 Å². The fourth-order valence-corrected chi connectivity index (χ4v) is 2.83. The van der Waals surface area contributed by atoms with E-state index in [1.54, 1.807) is 0 Å². The molecule has 0 spiro atoms. The predicted octanol–water partition coefficient (Wildman–Crippen LogP) is 3.51. The van der Waals surface area contributed by atoms with Crippen molar-refractivity contribution in [1.82, 2.24) is 0 Å². The largest absolute Gasteiger partial charge is 0.393 e. The Morgan fingerprint density at radius 3 is 2.38 bits per heavy atom. The lowest BCUT2D eigenvalue weighted by Crippen LogP contribution is -2.14. The van der Waals surface area contributed by atoms with Gasteiger partial charge in [-0.3, -0.25) is 0 Å². The summed E-state index contributed by atoms with van der Waals surface area (Å²) in [5, 5.41) is 9.77. The molecule has 1 nitrogen and oxygen atoms in total. The average Bonchev–Trinajstić information content (AvgIpc) is 2.62. The molecule has 3 atom stereocenters. The minimum Gasteiger partial charge on any atom is -0.393 e. The third kappa shape index (κ3) is 2.30. The van der Waals surface area contributed by atoms with Crippen molar-refractivity contribution in [2.75, 3.05) is 0 Å². The van der Waals surface area contributed by atoms with Gasteiger partial charge in [0.15, 0.2) is 0 Å². The van der Waals surface area contributed by atoms with Crippen molar-refractivity contribution in [2.24, 2.45) is 5.92 Å². The Balaban J connectivity index is 2.10. The Morgan fingerprint density at radius 1 is 1.19 bits per heavy atom. The second kappa shape index (κ2) is 5.01. The fourth-order valence-electron chi connectivity index (χ4n) is 2.83. The number of aliphatic hydroxyl groups is 1. The summed E-state index contributed by atoms with van der Waals surface area (Å²) in [4.78, 5) is 0. The van der Waals surface area contributed by atoms with E-state index in [0.29, 0.717) is 11.8 Å². The highest BCUT2D eigenvalue weighted by atomic mass is 16.3. The van der Waals surface area contributed by atoms with Crippen LogP contribution < -0.4 is 0 Å². The smallest absolute Gasteiger partial charge is 0.0571 e. The molecule has 1 fully saturated rings. The van der Waals surface area contributed by atoms with E-state index in [0.717, 1.165) is 12.8 Å². The standard InChI is InChI=1S/C15H22O/c1-3-4-12-5-7-13(8-6-12)14-9-10-15(16)11(14)2/h5-8,11,14-16H,3-4,9-10H2,1-2H3. The molecule has 1 saturated carbocycles. The summed E-state index contributed by atoms with van der Waals surface area (Å²) in [7, 11) is 0. The maximum absolute atomic E-state index is 9.77. The van der Waals surface area contributed by atoms with Crippen LogP contribution in [0.15, 0.2) is 24.3 Å². The Labute approximate surface area is 98.5 Å². The first-order valence-electron chi connectivity index (χ1n) is 6.49. The maximum Gasteiger partial charge on any atom is 0.0571 e. The number of aliphatic hydroxyl groups excluding tert-OH is 1. The Kier molecular flexibility index (Phi) is 3.65. The van der Waals surface area contributed by atoms with Gasteiger partial charge in [0.25, 0.3) is 0 Å². The number of rotatable bonds is 3. The third-order valence-electron chi connectivity index (χ3n) is 3.96. The topological polar surface area (TPSA) is 20.2 Å². The molecule has 0 saturated heterocycles. The van der Waals surface area contributed by atoms with E-state index in [-0.39, 0.29) is 6.10 Å². The molecule has 0 radical (unpaired) electrons. The van der Waals surface area contributed by atoms with Crippen molar-refractivity contribution in [1.29, 1.82) is 0 Å². The lowest BCUT2D eigenvalue weighted by atomic mass is 9.89. The van der Waals surface area contributed by atoms with Crippen molar-refractivity contribution < 1.29 is 5.11 Å². The van der Waals surface area contributed by atoms with Crippen LogP contribution in [0.3, 0.4) is 0 Å². The van der Waals surface area contributed by atoms with E-state index >= 15 is 0 Å². The normalized spacial score (nSPS) is 29.6. The Hall–Kier alpha value is -0.820. The molecule has 1 aromatic rings. The average molecular weight is 218 g/mol. The number of hydrogen-bond acceptors (Lipinski definition) is 1. The molecule has 3 unspecified atom stereocenters. The summed E-state index contributed by atoms with van der Waals surface area (Å²) in [6.07, 6.45) is 4.37. The van der Waals surface area contributed by atoms with Crippen LogP contribution in [0.5, 0.6) is 0 Å². The molecule has 0 heterocycles. The van der Waals surface area contributed by atoms with Gasteiger partial charge in [-0.15, -0.1) is 0 Å². The number of benzene rings is 1. The van der Waals surface area contributed by atoms with Crippen LogP contribution in [-0.2, 0) is 6.42 Å².